The molecule has 0 radical (unpaired) electrons. The summed E-state index contributed by atoms with van der Waals surface area (Å²) in [6.07, 6.45) is 3.76. The third kappa shape index (κ3) is 7.41. The fourth-order valence-electron chi connectivity index (χ4n) is 4.97. The third-order valence-electron chi connectivity index (χ3n) is 7.43. The number of sulfonamides is 1. The lowest BCUT2D eigenvalue weighted by atomic mass is 10.1. The monoisotopic (exact) mass is 615 g/mol. The Hall–Kier alpha value is -3.63. The normalized spacial score (nSPS) is 14.3. The number of benzene rings is 3. The molecule has 8 nitrogen and oxygen atoms in total. The molecule has 224 valence electrons. The smallest absolute Gasteiger partial charge is 0.264 e. The van der Waals surface area contributed by atoms with Crippen molar-refractivity contribution in [3.05, 3.63) is 88.7 Å². The van der Waals surface area contributed by atoms with E-state index in [-0.39, 0.29) is 39.8 Å². The Morgan fingerprint density at radius 3 is 2.31 bits per heavy atom. The molecule has 0 aromatic heterocycles. The van der Waals surface area contributed by atoms with E-state index in [9.17, 15) is 22.4 Å². The summed E-state index contributed by atoms with van der Waals surface area (Å²) in [6, 6.07) is 15.4. The number of nitrogens with one attached hydrogen (secondary N) is 1. The van der Waals surface area contributed by atoms with Crippen LogP contribution in [0, 0.1) is 12.7 Å². The lowest BCUT2D eigenvalue weighted by Crippen LogP contribution is -2.52. The summed E-state index contributed by atoms with van der Waals surface area (Å²) in [5.74, 6) is -1.22. The maximum absolute atomic E-state index is 14.1. The van der Waals surface area contributed by atoms with Crippen molar-refractivity contribution in [1.29, 1.82) is 0 Å². The average molecular weight is 616 g/mol. The summed E-state index contributed by atoms with van der Waals surface area (Å²) < 4.78 is 48.1. The van der Waals surface area contributed by atoms with Gasteiger partial charge >= 0.3 is 0 Å². The van der Waals surface area contributed by atoms with E-state index in [0.717, 1.165) is 35.6 Å². The number of carbonyl (C=O) groups is 2. The van der Waals surface area contributed by atoms with Gasteiger partial charge in [-0.05, 0) is 74.7 Å². The van der Waals surface area contributed by atoms with Crippen LogP contribution in [0.25, 0.3) is 0 Å². The van der Waals surface area contributed by atoms with Crippen molar-refractivity contribution in [2.24, 2.45) is 0 Å². The van der Waals surface area contributed by atoms with Crippen molar-refractivity contribution in [3.63, 3.8) is 0 Å². The van der Waals surface area contributed by atoms with Crippen LogP contribution in [-0.2, 0) is 26.2 Å². The molecule has 1 N–H and O–H groups in total. The topological polar surface area (TPSA) is 96.0 Å². The molecular formula is C31H35ClFN3O5S. The molecule has 1 saturated carbocycles. The minimum atomic E-state index is -4.29. The lowest BCUT2D eigenvalue weighted by molar-refractivity contribution is -0.139. The van der Waals surface area contributed by atoms with Crippen LogP contribution in [0.2, 0.25) is 5.02 Å². The molecule has 1 aliphatic carbocycles. The summed E-state index contributed by atoms with van der Waals surface area (Å²) in [4.78, 5) is 28.7. The Morgan fingerprint density at radius 1 is 1.05 bits per heavy atom. The van der Waals surface area contributed by atoms with Gasteiger partial charge in [-0.25, -0.2) is 12.8 Å². The molecule has 0 unspecified atom stereocenters. The molecule has 3 aromatic carbocycles. The second-order valence-corrected chi connectivity index (χ2v) is 12.8. The molecule has 1 atom stereocenters. The lowest BCUT2D eigenvalue weighted by Gasteiger charge is -2.33. The van der Waals surface area contributed by atoms with Crippen molar-refractivity contribution in [2.45, 2.75) is 63.1 Å². The van der Waals surface area contributed by atoms with Gasteiger partial charge in [0, 0.05) is 17.6 Å². The van der Waals surface area contributed by atoms with Crippen molar-refractivity contribution < 1.29 is 27.1 Å². The summed E-state index contributed by atoms with van der Waals surface area (Å²) >= 11 is 6.27. The van der Waals surface area contributed by atoms with Crippen molar-refractivity contribution in [3.8, 4) is 5.75 Å². The minimum Gasteiger partial charge on any atom is -0.495 e. The summed E-state index contributed by atoms with van der Waals surface area (Å²) in [6.45, 7) is 2.76. The van der Waals surface area contributed by atoms with Crippen LogP contribution in [0.15, 0.2) is 71.6 Å². The number of rotatable bonds is 11. The van der Waals surface area contributed by atoms with Crippen molar-refractivity contribution >= 4 is 39.1 Å². The predicted octanol–water partition coefficient (Wildman–Crippen LogP) is 5.47. The van der Waals surface area contributed by atoms with E-state index in [2.05, 4.69) is 5.32 Å². The Balaban J connectivity index is 1.73. The standard InChI is InChI=1S/C31H35ClFN3O5S/c1-21-8-15-27(16-9-21)42(39,40)36(28-18-24(32)12-17-29(28)41-3)20-30(37)35(19-23-10-13-25(33)14-11-23)22(2)31(38)34-26-6-4-5-7-26/h8-18,22,26H,4-7,19-20H2,1-3H3,(H,34,38)/t22-/m1/s1. The van der Waals surface area contributed by atoms with Crippen LogP contribution in [0.4, 0.5) is 10.1 Å². The van der Waals surface area contributed by atoms with Crippen molar-refractivity contribution in [2.75, 3.05) is 18.0 Å². The second kappa shape index (κ2) is 13.6. The van der Waals surface area contributed by atoms with E-state index in [0.29, 0.717) is 5.56 Å². The number of nitrogens with zero attached hydrogens (tertiary/aromatic N) is 2. The Morgan fingerprint density at radius 2 is 1.69 bits per heavy atom. The Kier molecular flexibility index (Phi) is 10.1. The summed E-state index contributed by atoms with van der Waals surface area (Å²) in [5.41, 5.74) is 1.52. The maximum Gasteiger partial charge on any atom is 0.264 e. The third-order valence-corrected chi connectivity index (χ3v) is 9.44. The molecule has 0 heterocycles. The minimum absolute atomic E-state index is 0.0249. The van der Waals surface area contributed by atoms with Gasteiger partial charge in [-0.3, -0.25) is 13.9 Å². The van der Waals surface area contributed by atoms with Gasteiger partial charge in [0.2, 0.25) is 11.8 Å². The molecule has 11 heteroatoms. The quantitative estimate of drug-likeness (QED) is 0.309. The van der Waals surface area contributed by atoms with E-state index in [1.54, 1.807) is 25.1 Å². The highest BCUT2D eigenvalue weighted by Gasteiger charge is 2.34. The fraction of sp³-hybridized carbons (Fsp3) is 0.355. The first kappa shape index (κ1) is 31.3. The van der Waals surface area contributed by atoms with Gasteiger partial charge in [0.25, 0.3) is 10.0 Å². The highest BCUT2D eigenvalue weighted by molar-refractivity contribution is 7.92. The van der Waals surface area contributed by atoms with E-state index in [1.807, 2.05) is 6.92 Å². The number of hydrogen-bond donors (Lipinski definition) is 1. The van der Waals surface area contributed by atoms with E-state index in [1.165, 1.54) is 60.5 Å². The molecule has 1 fully saturated rings. The van der Waals surface area contributed by atoms with Gasteiger partial charge in [0.1, 0.15) is 24.2 Å². The van der Waals surface area contributed by atoms with Gasteiger partial charge in [0.05, 0.1) is 17.7 Å². The van der Waals surface area contributed by atoms with Crippen LogP contribution in [0.3, 0.4) is 0 Å². The van der Waals surface area contributed by atoms with Crippen LogP contribution in [0.1, 0.15) is 43.7 Å². The molecule has 2 amide bonds. The molecule has 1 aliphatic rings. The molecule has 0 bridgehead atoms. The molecule has 4 rings (SSSR count). The van der Waals surface area contributed by atoms with E-state index < -0.39 is 34.3 Å². The molecule has 3 aromatic rings. The molecular weight excluding hydrogens is 581 g/mol. The van der Waals surface area contributed by atoms with Crippen molar-refractivity contribution in [1.82, 2.24) is 10.2 Å². The largest absolute Gasteiger partial charge is 0.495 e. The van der Waals surface area contributed by atoms with Gasteiger partial charge in [0.15, 0.2) is 0 Å². The number of anilines is 1. The van der Waals surface area contributed by atoms with Gasteiger partial charge in [-0.2, -0.15) is 0 Å². The number of hydrogen-bond acceptors (Lipinski definition) is 5. The second-order valence-electron chi connectivity index (χ2n) is 10.5. The molecule has 0 aliphatic heterocycles. The number of aryl methyl sites for hydroxylation is 1. The molecule has 0 spiro atoms. The number of ether oxygens (including phenoxy) is 1. The highest BCUT2D eigenvalue weighted by atomic mass is 35.5. The fourth-order valence-corrected chi connectivity index (χ4v) is 6.55. The zero-order valence-corrected chi connectivity index (χ0v) is 25.4. The van der Waals surface area contributed by atoms with Crippen LogP contribution in [0.5, 0.6) is 5.75 Å². The average Bonchev–Trinajstić information content (AvgIpc) is 3.48. The highest BCUT2D eigenvalue weighted by Crippen LogP contribution is 2.35. The summed E-state index contributed by atoms with van der Waals surface area (Å²) in [7, 11) is -2.90. The number of carbonyl (C=O) groups excluding carboxylic acids is 2. The van der Waals surface area contributed by atoms with Crippen LogP contribution < -0.4 is 14.4 Å². The van der Waals surface area contributed by atoms with Crippen LogP contribution in [-0.4, -0.2) is 50.9 Å². The van der Waals surface area contributed by atoms with Crippen LogP contribution >= 0.6 is 11.6 Å². The van der Waals surface area contributed by atoms with Gasteiger partial charge in [-0.15, -0.1) is 0 Å². The molecule has 42 heavy (non-hydrogen) atoms. The first-order valence-electron chi connectivity index (χ1n) is 13.8. The van der Waals surface area contributed by atoms with E-state index >= 15 is 0 Å². The van der Waals surface area contributed by atoms with E-state index in [4.69, 9.17) is 16.3 Å². The van der Waals surface area contributed by atoms with Gasteiger partial charge in [-0.1, -0.05) is 54.3 Å². The SMILES string of the molecule is COc1ccc(Cl)cc1N(CC(=O)N(Cc1ccc(F)cc1)[C@H](C)C(=O)NC1CCCC1)S(=O)(=O)c1ccc(C)cc1. The first-order chi connectivity index (χ1) is 20.0. The predicted molar refractivity (Wildman–Crippen MR) is 161 cm³/mol. The number of halogens is 2. The number of amides is 2. The maximum atomic E-state index is 14.1. The van der Waals surface area contributed by atoms with Gasteiger partial charge < -0.3 is 15.0 Å². The zero-order valence-electron chi connectivity index (χ0n) is 23.8. The zero-order chi connectivity index (χ0) is 30.4. The first-order valence-corrected chi connectivity index (χ1v) is 15.6. The number of methoxy groups -OCH3 is 1. The molecule has 0 saturated heterocycles. The summed E-state index contributed by atoms with van der Waals surface area (Å²) in [5, 5.41) is 3.26. The Labute approximate surface area is 251 Å². The Bertz CT molecular complexity index is 1510.